The molecule has 0 spiro atoms. The number of ether oxygens (including phenoxy) is 1. The number of nitrogens with one attached hydrogen (secondary N) is 1. The largest absolute Gasteiger partial charge is 0.489 e. The molecule has 146 valence electrons. The molecule has 5 rings (SSSR count). The molecular weight excluding hydrogens is 378 g/mol. The van der Waals surface area contributed by atoms with Gasteiger partial charge in [0.1, 0.15) is 23.9 Å². The third-order valence-electron chi connectivity index (χ3n) is 5.21. The van der Waals surface area contributed by atoms with Crippen LogP contribution in [0.25, 0.3) is 16.3 Å². The van der Waals surface area contributed by atoms with E-state index in [1.807, 2.05) is 30.3 Å². The topological polar surface area (TPSA) is 39.1 Å². The number of nitrogens with zero attached hydrogens (tertiary/aromatic N) is 2. The van der Waals surface area contributed by atoms with E-state index in [2.05, 4.69) is 51.8 Å². The zero-order valence-electron chi connectivity index (χ0n) is 16.2. The van der Waals surface area contributed by atoms with Crippen LogP contribution in [0.5, 0.6) is 5.75 Å². The van der Waals surface area contributed by atoms with Crippen molar-refractivity contribution in [2.45, 2.75) is 25.9 Å². The Hall–Kier alpha value is -3.05. The Morgan fingerprint density at radius 2 is 1.83 bits per heavy atom. The average Bonchev–Trinajstić information content (AvgIpc) is 3.35. The molecule has 4 nitrogen and oxygen atoms in total. The molecule has 0 bridgehead atoms. The first-order valence-electron chi connectivity index (χ1n) is 10.1. The van der Waals surface area contributed by atoms with Gasteiger partial charge in [0.25, 0.3) is 0 Å². The van der Waals surface area contributed by atoms with E-state index >= 15 is 0 Å². The highest BCUT2D eigenvalue weighted by molar-refractivity contribution is 7.13. The van der Waals surface area contributed by atoms with Gasteiger partial charge in [0.05, 0.1) is 10.6 Å². The normalized spacial score (nSPS) is 13.4. The Bertz CT molecular complexity index is 1070. The maximum absolute atomic E-state index is 5.94. The summed E-state index contributed by atoms with van der Waals surface area (Å²) in [5.74, 6) is 1.99. The lowest BCUT2D eigenvalue weighted by Gasteiger charge is -2.11. The molecule has 4 aromatic rings. The van der Waals surface area contributed by atoms with E-state index in [4.69, 9.17) is 9.84 Å². The van der Waals surface area contributed by atoms with Crippen molar-refractivity contribution in [2.75, 3.05) is 11.9 Å². The van der Waals surface area contributed by atoms with Gasteiger partial charge >= 0.3 is 0 Å². The minimum Gasteiger partial charge on any atom is -0.489 e. The number of fused-ring (bicyclic) bond motifs is 1. The Kier molecular flexibility index (Phi) is 5.05. The third kappa shape index (κ3) is 3.78. The van der Waals surface area contributed by atoms with E-state index in [-0.39, 0.29) is 0 Å². The fraction of sp³-hybridized carbons (Fsp3) is 0.208. The van der Waals surface area contributed by atoms with Gasteiger partial charge in [-0.15, -0.1) is 11.3 Å². The molecule has 0 saturated carbocycles. The van der Waals surface area contributed by atoms with Crippen molar-refractivity contribution in [2.24, 2.45) is 0 Å². The van der Waals surface area contributed by atoms with Gasteiger partial charge in [-0.1, -0.05) is 36.4 Å². The van der Waals surface area contributed by atoms with Crippen LogP contribution in [-0.4, -0.2) is 16.3 Å². The highest BCUT2D eigenvalue weighted by Crippen LogP contribution is 2.36. The fourth-order valence-electron chi connectivity index (χ4n) is 3.72. The number of benzene rings is 2. The first-order valence-corrected chi connectivity index (χ1v) is 10.9. The molecule has 0 radical (unpaired) electrons. The molecule has 0 aliphatic carbocycles. The van der Waals surface area contributed by atoms with E-state index in [1.165, 1.54) is 28.8 Å². The van der Waals surface area contributed by atoms with Crippen molar-refractivity contribution in [3.63, 3.8) is 0 Å². The van der Waals surface area contributed by atoms with Gasteiger partial charge in [-0.2, -0.15) is 5.10 Å². The quantitative estimate of drug-likeness (QED) is 0.451. The Balaban J connectivity index is 1.43. The molecule has 1 N–H and O–H groups in total. The lowest BCUT2D eigenvalue weighted by molar-refractivity contribution is 0.306. The van der Waals surface area contributed by atoms with Gasteiger partial charge < -0.3 is 10.1 Å². The number of anilines is 1. The average molecular weight is 402 g/mol. The van der Waals surface area contributed by atoms with Crippen LogP contribution < -0.4 is 10.1 Å². The SMILES string of the molecule is c1ccc(COc2ccc(-n3nc(-c4cccs4)c4c3NCCCC4)cc2)cc1. The van der Waals surface area contributed by atoms with Gasteiger partial charge in [-0.05, 0) is 60.5 Å². The van der Waals surface area contributed by atoms with Crippen LogP contribution in [0, 0.1) is 0 Å². The molecule has 1 aliphatic rings. The summed E-state index contributed by atoms with van der Waals surface area (Å²) < 4.78 is 7.99. The van der Waals surface area contributed by atoms with Gasteiger partial charge in [-0.25, -0.2) is 4.68 Å². The third-order valence-corrected chi connectivity index (χ3v) is 6.09. The number of thiophene rings is 1. The summed E-state index contributed by atoms with van der Waals surface area (Å²) in [6.45, 7) is 1.56. The molecule has 1 aliphatic heterocycles. The lowest BCUT2D eigenvalue weighted by atomic mass is 10.1. The molecule has 0 amide bonds. The zero-order chi connectivity index (χ0) is 19.5. The summed E-state index contributed by atoms with van der Waals surface area (Å²) in [6, 6.07) is 22.7. The summed E-state index contributed by atoms with van der Waals surface area (Å²) >= 11 is 1.75. The summed E-state index contributed by atoms with van der Waals surface area (Å²) in [7, 11) is 0. The number of hydrogen-bond donors (Lipinski definition) is 1. The highest BCUT2D eigenvalue weighted by atomic mass is 32.1. The second kappa shape index (κ2) is 8.13. The van der Waals surface area contributed by atoms with Crippen molar-refractivity contribution in [1.82, 2.24) is 9.78 Å². The summed E-state index contributed by atoms with van der Waals surface area (Å²) in [5.41, 5.74) is 4.65. The van der Waals surface area contributed by atoms with E-state index in [9.17, 15) is 0 Å². The molecule has 2 aromatic carbocycles. The van der Waals surface area contributed by atoms with Crippen molar-refractivity contribution < 1.29 is 4.74 Å². The van der Waals surface area contributed by atoms with Crippen LogP contribution in [0.4, 0.5) is 5.82 Å². The van der Waals surface area contributed by atoms with E-state index in [0.29, 0.717) is 6.61 Å². The molecule has 0 fully saturated rings. The summed E-state index contributed by atoms with van der Waals surface area (Å²) in [6.07, 6.45) is 3.44. The van der Waals surface area contributed by atoms with E-state index in [0.717, 1.165) is 35.9 Å². The maximum Gasteiger partial charge on any atom is 0.133 e. The zero-order valence-corrected chi connectivity index (χ0v) is 17.0. The molecular formula is C24H23N3OS. The number of hydrogen-bond acceptors (Lipinski definition) is 4. The van der Waals surface area contributed by atoms with Crippen molar-refractivity contribution >= 4 is 17.2 Å². The molecule has 29 heavy (non-hydrogen) atoms. The second-order valence-corrected chi connectivity index (χ2v) is 8.16. The standard InChI is InChI=1S/C24H23N3OS/c1-2-7-18(8-3-1)17-28-20-13-11-19(12-14-20)27-24-21(9-4-5-15-25-24)23(26-27)22-10-6-16-29-22/h1-3,6-8,10-14,16,25H,4-5,9,15,17H2. The molecule has 2 aromatic heterocycles. The predicted molar refractivity (Wildman–Crippen MR) is 119 cm³/mol. The summed E-state index contributed by atoms with van der Waals surface area (Å²) in [4.78, 5) is 1.23. The first kappa shape index (κ1) is 18.0. The van der Waals surface area contributed by atoms with Gasteiger partial charge in [0.15, 0.2) is 0 Å². The van der Waals surface area contributed by atoms with Crippen LogP contribution in [0.1, 0.15) is 24.0 Å². The number of rotatable bonds is 5. The fourth-order valence-corrected chi connectivity index (χ4v) is 4.46. The lowest BCUT2D eigenvalue weighted by Crippen LogP contribution is -2.07. The maximum atomic E-state index is 5.94. The van der Waals surface area contributed by atoms with Gasteiger partial charge in [-0.3, -0.25) is 0 Å². The number of aromatic nitrogens is 2. The summed E-state index contributed by atoms with van der Waals surface area (Å²) in [5, 5.41) is 10.7. The van der Waals surface area contributed by atoms with Crippen LogP contribution in [-0.2, 0) is 13.0 Å². The molecule has 3 heterocycles. The minimum absolute atomic E-state index is 0.571. The smallest absolute Gasteiger partial charge is 0.133 e. The van der Waals surface area contributed by atoms with Crippen molar-refractivity contribution in [3.8, 4) is 22.0 Å². The van der Waals surface area contributed by atoms with Crippen LogP contribution in [0.2, 0.25) is 0 Å². The first-order chi connectivity index (χ1) is 14.4. The predicted octanol–water partition coefficient (Wildman–Crippen LogP) is 5.93. The van der Waals surface area contributed by atoms with Crippen molar-refractivity contribution in [3.05, 3.63) is 83.2 Å². The molecule has 5 heteroatoms. The highest BCUT2D eigenvalue weighted by Gasteiger charge is 2.22. The van der Waals surface area contributed by atoms with Crippen LogP contribution in [0.3, 0.4) is 0 Å². The Morgan fingerprint density at radius 3 is 2.62 bits per heavy atom. The molecule has 0 atom stereocenters. The van der Waals surface area contributed by atoms with E-state index in [1.54, 1.807) is 11.3 Å². The van der Waals surface area contributed by atoms with Crippen molar-refractivity contribution in [1.29, 1.82) is 0 Å². The van der Waals surface area contributed by atoms with E-state index < -0.39 is 0 Å². The van der Waals surface area contributed by atoms with Crippen LogP contribution >= 0.6 is 11.3 Å². The Morgan fingerprint density at radius 1 is 0.966 bits per heavy atom. The van der Waals surface area contributed by atoms with Crippen LogP contribution in [0.15, 0.2) is 72.1 Å². The Labute approximate surface area is 174 Å². The van der Waals surface area contributed by atoms with Gasteiger partial charge in [0, 0.05) is 12.1 Å². The van der Waals surface area contributed by atoms with Gasteiger partial charge in [0.2, 0.25) is 0 Å². The molecule has 0 unspecified atom stereocenters. The second-order valence-electron chi connectivity index (χ2n) is 7.22. The monoisotopic (exact) mass is 401 g/mol. The molecule has 0 saturated heterocycles. The minimum atomic E-state index is 0.571.